The Hall–Kier alpha value is -1.38. The fraction of sp³-hybridized carbons (Fsp3) is 0.727. The monoisotopic (exact) mass is 347 g/mol. The van der Waals surface area contributed by atoms with Gasteiger partial charge in [-0.15, -0.1) is 0 Å². The smallest absolute Gasteiger partial charge is 0.253 e. The summed E-state index contributed by atoms with van der Waals surface area (Å²) in [6.45, 7) is 2.84. The van der Waals surface area contributed by atoms with Gasteiger partial charge in [0.05, 0.1) is 0 Å². The largest absolute Gasteiger partial charge is 0.275 e. The Morgan fingerprint density at radius 1 is 0.680 bits per heavy atom. The van der Waals surface area contributed by atoms with Crippen molar-refractivity contribution in [3.63, 3.8) is 0 Å². The van der Waals surface area contributed by atoms with E-state index in [0.717, 1.165) is 12.8 Å². The molecule has 0 N–H and O–H groups in total. The molecule has 0 atom stereocenters. The lowest BCUT2D eigenvalue weighted by Crippen LogP contribution is -2.30. The van der Waals surface area contributed by atoms with Gasteiger partial charge in [0, 0.05) is 18.7 Å². The van der Waals surface area contributed by atoms with Gasteiger partial charge in [0.25, 0.3) is 11.8 Å². The average molecular weight is 348 g/mol. The molecule has 3 heteroatoms. The fourth-order valence-electron chi connectivity index (χ4n) is 3.17. The van der Waals surface area contributed by atoms with E-state index in [2.05, 4.69) is 19.1 Å². The maximum absolute atomic E-state index is 11.4. The van der Waals surface area contributed by atoms with Gasteiger partial charge in [-0.25, -0.2) is 0 Å². The topological polar surface area (TPSA) is 37.4 Å². The first-order valence-corrected chi connectivity index (χ1v) is 10.4. The standard InChI is InChI=1S/C22H37NO2/c1-2-3-4-5-6-7-8-9-10-11-12-13-14-15-16-17-20-23-21(24)18-19-22(23)25/h9-10,18-19H,2-8,11-17,20H2,1H3/b10-9-. The van der Waals surface area contributed by atoms with Gasteiger partial charge in [0.2, 0.25) is 0 Å². The van der Waals surface area contributed by atoms with Gasteiger partial charge < -0.3 is 0 Å². The van der Waals surface area contributed by atoms with Crippen LogP contribution in [0.25, 0.3) is 0 Å². The van der Waals surface area contributed by atoms with Crippen LogP contribution >= 0.6 is 0 Å². The molecule has 0 unspecified atom stereocenters. The van der Waals surface area contributed by atoms with Crippen molar-refractivity contribution in [2.24, 2.45) is 0 Å². The summed E-state index contributed by atoms with van der Waals surface area (Å²) in [6, 6.07) is 0. The SMILES string of the molecule is CCCCCCCC/C=C\CCCCCCCCN1C(=O)C=CC1=O. The molecule has 2 amide bonds. The van der Waals surface area contributed by atoms with Gasteiger partial charge in [-0.2, -0.15) is 0 Å². The maximum Gasteiger partial charge on any atom is 0.253 e. The van der Waals surface area contributed by atoms with Crippen molar-refractivity contribution in [3.8, 4) is 0 Å². The summed E-state index contributed by atoms with van der Waals surface area (Å²) in [6.07, 6.45) is 25.2. The summed E-state index contributed by atoms with van der Waals surface area (Å²) in [7, 11) is 0. The highest BCUT2D eigenvalue weighted by Crippen LogP contribution is 2.11. The molecule has 142 valence electrons. The highest BCUT2D eigenvalue weighted by molar-refractivity contribution is 6.12. The summed E-state index contributed by atoms with van der Waals surface area (Å²) in [5, 5.41) is 0. The normalized spacial score (nSPS) is 14.4. The van der Waals surface area contributed by atoms with E-state index in [-0.39, 0.29) is 11.8 Å². The zero-order valence-electron chi connectivity index (χ0n) is 16.2. The summed E-state index contributed by atoms with van der Waals surface area (Å²) in [4.78, 5) is 24.1. The van der Waals surface area contributed by atoms with Crippen LogP contribution in [0.1, 0.15) is 96.8 Å². The second-order valence-electron chi connectivity index (χ2n) is 7.10. The minimum absolute atomic E-state index is 0.155. The Bertz CT molecular complexity index is 408. The Labute approximate surface area is 154 Å². The summed E-state index contributed by atoms with van der Waals surface area (Å²) in [5.41, 5.74) is 0. The molecule has 0 bridgehead atoms. The summed E-state index contributed by atoms with van der Waals surface area (Å²) >= 11 is 0. The maximum atomic E-state index is 11.4. The van der Waals surface area contributed by atoms with Crippen LogP contribution in [0.3, 0.4) is 0 Å². The van der Waals surface area contributed by atoms with Crippen LogP contribution < -0.4 is 0 Å². The number of carbonyl (C=O) groups excluding carboxylic acids is 2. The van der Waals surface area contributed by atoms with Gasteiger partial charge in [0.1, 0.15) is 0 Å². The van der Waals surface area contributed by atoms with E-state index in [1.807, 2.05) is 0 Å². The van der Waals surface area contributed by atoms with Crippen LogP contribution in [0.5, 0.6) is 0 Å². The van der Waals surface area contributed by atoms with Crippen molar-refractivity contribution in [1.82, 2.24) is 4.90 Å². The molecule has 1 rings (SSSR count). The number of nitrogens with zero attached hydrogens (tertiary/aromatic N) is 1. The molecule has 3 nitrogen and oxygen atoms in total. The van der Waals surface area contributed by atoms with Gasteiger partial charge >= 0.3 is 0 Å². The molecule has 1 aliphatic heterocycles. The number of amides is 2. The van der Waals surface area contributed by atoms with Gasteiger partial charge in [-0.05, 0) is 32.1 Å². The van der Waals surface area contributed by atoms with Crippen molar-refractivity contribution < 1.29 is 9.59 Å². The van der Waals surface area contributed by atoms with Crippen molar-refractivity contribution in [2.75, 3.05) is 6.54 Å². The minimum Gasteiger partial charge on any atom is -0.275 e. The second kappa shape index (κ2) is 14.9. The molecule has 0 radical (unpaired) electrons. The molecular formula is C22H37NO2. The van der Waals surface area contributed by atoms with E-state index >= 15 is 0 Å². The predicted molar refractivity (Wildman–Crippen MR) is 105 cm³/mol. The quantitative estimate of drug-likeness (QED) is 0.196. The minimum atomic E-state index is -0.155. The van der Waals surface area contributed by atoms with Crippen LogP contribution in [0.15, 0.2) is 24.3 Å². The Balaban J connectivity index is 1.79. The van der Waals surface area contributed by atoms with Gasteiger partial charge in [-0.1, -0.05) is 76.9 Å². The zero-order valence-corrected chi connectivity index (χ0v) is 16.2. The molecule has 0 saturated carbocycles. The lowest BCUT2D eigenvalue weighted by molar-refractivity contribution is -0.136. The molecule has 0 aliphatic carbocycles. The molecule has 1 aliphatic rings. The first-order valence-electron chi connectivity index (χ1n) is 10.4. The highest BCUT2D eigenvalue weighted by atomic mass is 16.2. The third kappa shape index (κ3) is 11.0. The van der Waals surface area contributed by atoms with Crippen molar-refractivity contribution in [2.45, 2.75) is 96.8 Å². The Morgan fingerprint density at radius 3 is 1.64 bits per heavy atom. The lowest BCUT2D eigenvalue weighted by atomic mass is 10.1. The zero-order chi connectivity index (χ0) is 18.2. The Kier molecular flexibility index (Phi) is 12.9. The van der Waals surface area contributed by atoms with Crippen LogP contribution in [-0.4, -0.2) is 23.3 Å². The molecule has 0 spiro atoms. The van der Waals surface area contributed by atoms with Crippen LogP contribution in [-0.2, 0) is 9.59 Å². The van der Waals surface area contributed by atoms with E-state index in [0.29, 0.717) is 6.54 Å². The number of carbonyl (C=O) groups is 2. The molecular weight excluding hydrogens is 310 g/mol. The van der Waals surface area contributed by atoms with Crippen LogP contribution in [0.4, 0.5) is 0 Å². The summed E-state index contributed by atoms with van der Waals surface area (Å²) < 4.78 is 0. The van der Waals surface area contributed by atoms with E-state index < -0.39 is 0 Å². The number of hydrogen-bond donors (Lipinski definition) is 0. The molecule has 0 fully saturated rings. The lowest BCUT2D eigenvalue weighted by Gasteiger charge is -2.12. The average Bonchev–Trinajstić information content (AvgIpc) is 2.93. The number of allylic oxidation sites excluding steroid dienone is 2. The van der Waals surface area contributed by atoms with E-state index in [4.69, 9.17) is 0 Å². The van der Waals surface area contributed by atoms with Gasteiger partial charge in [-0.3, -0.25) is 14.5 Å². The van der Waals surface area contributed by atoms with Crippen molar-refractivity contribution in [1.29, 1.82) is 0 Å². The van der Waals surface area contributed by atoms with Crippen LogP contribution in [0.2, 0.25) is 0 Å². The molecule has 0 saturated heterocycles. The second-order valence-corrected chi connectivity index (χ2v) is 7.10. The molecule has 0 aromatic heterocycles. The number of hydrogen-bond acceptors (Lipinski definition) is 2. The first-order chi connectivity index (χ1) is 12.3. The highest BCUT2D eigenvalue weighted by Gasteiger charge is 2.21. The molecule has 25 heavy (non-hydrogen) atoms. The number of imide groups is 1. The van der Waals surface area contributed by atoms with Crippen LogP contribution in [0, 0.1) is 0 Å². The number of rotatable bonds is 16. The van der Waals surface area contributed by atoms with E-state index in [1.165, 1.54) is 94.1 Å². The first kappa shape index (κ1) is 21.7. The third-order valence-electron chi connectivity index (χ3n) is 4.79. The molecule has 0 aromatic carbocycles. The summed E-state index contributed by atoms with van der Waals surface area (Å²) in [5.74, 6) is -0.310. The molecule has 1 heterocycles. The fourth-order valence-corrected chi connectivity index (χ4v) is 3.17. The van der Waals surface area contributed by atoms with Crippen molar-refractivity contribution >= 4 is 11.8 Å². The number of unbranched alkanes of at least 4 members (excludes halogenated alkanes) is 12. The van der Waals surface area contributed by atoms with E-state index in [1.54, 1.807) is 0 Å². The van der Waals surface area contributed by atoms with Crippen molar-refractivity contribution in [3.05, 3.63) is 24.3 Å². The Morgan fingerprint density at radius 2 is 1.12 bits per heavy atom. The molecule has 0 aromatic rings. The van der Waals surface area contributed by atoms with E-state index in [9.17, 15) is 9.59 Å². The van der Waals surface area contributed by atoms with Gasteiger partial charge in [0.15, 0.2) is 0 Å². The predicted octanol–water partition coefficient (Wildman–Crippen LogP) is 5.95. The third-order valence-corrected chi connectivity index (χ3v) is 4.79.